The lowest BCUT2D eigenvalue weighted by Crippen LogP contribution is -2.20. The highest BCUT2D eigenvalue weighted by molar-refractivity contribution is 9.10. The highest BCUT2D eigenvalue weighted by Gasteiger charge is 2.14. The van der Waals surface area contributed by atoms with E-state index in [9.17, 15) is 4.39 Å². The molecule has 106 valence electrons. The minimum absolute atomic E-state index is 0.174. The van der Waals surface area contributed by atoms with Gasteiger partial charge < -0.3 is 5.32 Å². The standard InChI is InChI=1S/C17H19BrFN/c1-11-9-15(19)6-4-13(11)10-17(20-3)16-7-5-14(18)8-12(16)2/h4-9,17,20H,10H2,1-3H3. The van der Waals surface area contributed by atoms with Crippen LogP contribution in [0.4, 0.5) is 4.39 Å². The number of hydrogen-bond donors (Lipinski definition) is 1. The largest absolute Gasteiger partial charge is 0.313 e. The van der Waals surface area contributed by atoms with Crippen LogP contribution in [0.15, 0.2) is 40.9 Å². The fraction of sp³-hybridized carbons (Fsp3) is 0.294. The van der Waals surface area contributed by atoms with E-state index in [-0.39, 0.29) is 11.9 Å². The second-order valence-corrected chi connectivity index (χ2v) is 6.03. The van der Waals surface area contributed by atoms with Crippen LogP contribution >= 0.6 is 15.9 Å². The molecule has 2 aromatic rings. The maximum Gasteiger partial charge on any atom is 0.123 e. The summed E-state index contributed by atoms with van der Waals surface area (Å²) in [7, 11) is 1.96. The average Bonchev–Trinajstić information content (AvgIpc) is 2.39. The quantitative estimate of drug-likeness (QED) is 0.853. The third kappa shape index (κ3) is 3.47. The second kappa shape index (κ2) is 6.51. The smallest absolute Gasteiger partial charge is 0.123 e. The predicted molar refractivity (Wildman–Crippen MR) is 85.5 cm³/mol. The summed E-state index contributed by atoms with van der Waals surface area (Å²) in [6.45, 7) is 4.07. The van der Waals surface area contributed by atoms with Crippen LogP contribution in [-0.2, 0) is 6.42 Å². The van der Waals surface area contributed by atoms with E-state index < -0.39 is 0 Å². The molecule has 1 atom stereocenters. The van der Waals surface area contributed by atoms with Gasteiger partial charge in [-0.05, 0) is 73.8 Å². The SMILES string of the molecule is CNC(Cc1ccc(F)cc1C)c1ccc(Br)cc1C. The fourth-order valence-corrected chi connectivity index (χ4v) is 2.98. The number of rotatable bonds is 4. The minimum atomic E-state index is -0.174. The van der Waals surface area contributed by atoms with Crippen molar-refractivity contribution in [2.75, 3.05) is 7.05 Å². The van der Waals surface area contributed by atoms with Gasteiger partial charge in [0.25, 0.3) is 0 Å². The predicted octanol–water partition coefficient (Wildman–Crippen LogP) is 4.71. The van der Waals surface area contributed by atoms with Gasteiger partial charge in [-0.2, -0.15) is 0 Å². The van der Waals surface area contributed by atoms with Crippen LogP contribution in [0.5, 0.6) is 0 Å². The number of nitrogens with one attached hydrogen (secondary N) is 1. The van der Waals surface area contributed by atoms with E-state index in [2.05, 4.69) is 46.4 Å². The highest BCUT2D eigenvalue weighted by Crippen LogP contribution is 2.25. The lowest BCUT2D eigenvalue weighted by molar-refractivity contribution is 0.584. The molecule has 1 nitrogen and oxygen atoms in total. The zero-order valence-electron chi connectivity index (χ0n) is 12.0. The van der Waals surface area contributed by atoms with E-state index in [4.69, 9.17) is 0 Å². The van der Waals surface area contributed by atoms with Crippen molar-refractivity contribution < 1.29 is 4.39 Å². The minimum Gasteiger partial charge on any atom is -0.313 e. The molecule has 0 aromatic heterocycles. The monoisotopic (exact) mass is 335 g/mol. The lowest BCUT2D eigenvalue weighted by atomic mass is 9.93. The van der Waals surface area contributed by atoms with Gasteiger partial charge in [-0.15, -0.1) is 0 Å². The van der Waals surface area contributed by atoms with E-state index in [1.807, 2.05) is 20.0 Å². The molecule has 0 aliphatic heterocycles. The van der Waals surface area contributed by atoms with Gasteiger partial charge in [-0.1, -0.05) is 28.1 Å². The van der Waals surface area contributed by atoms with Gasteiger partial charge in [-0.25, -0.2) is 4.39 Å². The molecule has 0 fully saturated rings. The Hall–Kier alpha value is -1.19. The summed E-state index contributed by atoms with van der Waals surface area (Å²) in [6.07, 6.45) is 0.852. The highest BCUT2D eigenvalue weighted by atomic mass is 79.9. The Morgan fingerprint density at radius 3 is 2.45 bits per heavy atom. The summed E-state index contributed by atoms with van der Waals surface area (Å²) in [5.74, 6) is -0.174. The van der Waals surface area contributed by atoms with Gasteiger partial charge in [0.1, 0.15) is 5.82 Å². The normalized spacial score (nSPS) is 12.4. The molecule has 1 N–H and O–H groups in total. The molecule has 0 saturated heterocycles. The molecule has 2 aromatic carbocycles. The summed E-state index contributed by atoms with van der Waals surface area (Å²) in [4.78, 5) is 0. The molecule has 0 heterocycles. The van der Waals surface area contributed by atoms with Crippen LogP contribution in [0, 0.1) is 19.7 Å². The first-order valence-electron chi connectivity index (χ1n) is 6.69. The Bertz CT molecular complexity index is 610. The molecular formula is C17H19BrFN. The van der Waals surface area contributed by atoms with Gasteiger partial charge >= 0.3 is 0 Å². The first kappa shape index (κ1) is 15.2. The zero-order valence-corrected chi connectivity index (χ0v) is 13.6. The number of likely N-dealkylation sites (N-methyl/N-ethyl adjacent to an activating group) is 1. The van der Waals surface area contributed by atoms with Crippen molar-refractivity contribution >= 4 is 15.9 Å². The fourth-order valence-electron chi connectivity index (χ4n) is 2.51. The Morgan fingerprint density at radius 1 is 1.10 bits per heavy atom. The second-order valence-electron chi connectivity index (χ2n) is 5.12. The average molecular weight is 336 g/mol. The Kier molecular flexibility index (Phi) is 4.95. The van der Waals surface area contributed by atoms with Gasteiger partial charge in [0.15, 0.2) is 0 Å². The van der Waals surface area contributed by atoms with Gasteiger partial charge in [-0.3, -0.25) is 0 Å². The van der Waals surface area contributed by atoms with Crippen molar-refractivity contribution in [1.82, 2.24) is 5.32 Å². The molecule has 0 saturated carbocycles. The maximum absolute atomic E-state index is 13.2. The van der Waals surface area contributed by atoms with Gasteiger partial charge in [0, 0.05) is 10.5 Å². The van der Waals surface area contributed by atoms with Gasteiger partial charge in [0.05, 0.1) is 0 Å². The zero-order chi connectivity index (χ0) is 14.7. The maximum atomic E-state index is 13.2. The summed E-state index contributed by atoms with van der Waals surface area (Å²) in [5, 5.41) is 3.36. The summed E-state index contributed by atoms with van der Waals surface area (Å²) < 4.78 is 14.3. The molecule has 0 amide bonds. The van der Waals surface area contributed by atoms with Crippen molar-refractivity contribution in [1.29, 1.82) is 0 Å². The molecule has 0 aliphatic carbocycles. The number of hydrogen-bond acceptors (Lipinski definition) is 1. The molecule has 2 rings (SSSR count). The Morgan fingerprint density at radius 2 is 1.85 bits per heavy atom. The Balaban J connectivity index is 2.28. The molecule has 0 spiro atoms. The van der Waals surface area contributed by atoms with Crippen molar-refractivity contribution in [3.63, 3.8) is 0 Å². The van der Waals surface area contributed by atoms with Crippen LogP contribution in [0.3, 0.4) is 0 Å². The molecule has 0 radical (unpaired) electrons. The van der Waals surface area contributed by atoms with Crippen LogP contribution in [-0.4, -0.2) is 7.05 Å². The number of halogens is 2. The molecule has 0 aliphatic rings. The third-order valence-electron chi connectivity index (χ3n) is 3.68. The number of aryl methyl sites for hydroxylation is 2. The topological polar surface area (TPSA) is 12.0 Å². The summed E-state index contributed by atoms with van der Waals surface area (Å²) in [6, 6.07) is 11.6. The van der Waals surface area contributed by atoms with E-state index in [1.54, 1.807) is 6.07 Å². The van der Waals surface area contributed by atoms with Crippen LogP contribution in [0.2, 0.25) is 0 Å². The van der Waals surface area contributed by atoms with Gasteiger partial charge in [0.2, 0.25) is 0 Å². The number of benzene rings is 2. The van der Waals surface area contributed by atoms with Crippen LogP contribution in [0.25, 0.3) is 0 Å². The van der Waals surface area contributed by atoms with Crippen molar-refractivity contribution in [3.05, 3.63) is 68.9 Å². The van der Waals surface area contributed by atoms with Crippen molar-refractivity contribution in [2.45, 2.75) is 26.3 Å². The third-order valence-corrected chi connectivity index (χ3v) is 4.18. The Labute approximate surface area is 128 Å². The first-order valence-corrected chi connectivity index (χ1v) is 7.49. The molecule has 0 bridgehead atoms. The molecule has 20 heavy (non-hydrogen) atoms. The summed E-state index contributed by atoms with van der Waals surface area (Å²) >= 11 is 3.49. The summed E-state index contributed by atoms with van der Waals surface area (Å²) in [5.41, 5.74) is 4.70. The van der Waals surface area contributed by atoms with E-state index in [1.165, 1.54) is 22.8 Å². The van der Waals surface area contributed by atoms with Crippen LogP contribution in [0.1, 0.15) is 28.3 Å². The van der Waals surface area contributed by atoms with E-state index in [0.717, 1.165) is 16.5 Å². The van der Waals surface area contributed by atoms with E-state index in [0.29, 0.717) is 0 Å². The van der Waals surface area contributed by atoms with E-state index >= 15 is 0 Å². The molecular weight excluding hydrogens is 317 g/mol. The molecule has 1 unspecified atom stereocenters. The van der Waals surface area contributed by atoms with Crippen molar-refractivity contribution in [3.8, 4) is 0 Å². The van der Waals surface area contributed by atoms with Crippen LogP contribution < -0.4 is 5.32 Å². The lowest BCUT2D eigenvalue weighted by Gasteiger charge is -2.20. The molecule has 3 heteroatoms. The van der Waals surface area contributed by atoms with Crippen molar-refractivity contribution in [2.24, 2.45) is 0 Å². The first-order chi connectivity index (χ1) is 9.51.